The molecule has 6 nitrogen and oxygen atoms in total. The second-order valence-electron chi connectivity index (χ2n) is 5.83. The van der Waals surface area contributed by atoms with Gasteiger partial charge in [-0.05, 0) is 38.7 Å². The van der Waals surface area contributed by atoms with Gasteiger partial charge in [0, 0.05) is 38.2 Å². The van der Waals surface area contributed by atoms with Crippen molar-refractivity contribution in [3.05, 3.63) is 17.5 Å². The van der Waals surface area contributed by atoms with Crippen LogP contribution in [0.5, 0.6) is 0 Å². The lowest BCUT2D eigenvalue weighted by molar-refractivity contribution is -0.137. The number of amides is 1. The number of aromatic nitrogens is 2. The fourth-order valence-corrected chi connectivity index (χ4v) is 2.88. The molecule has 1 aromatic rings. The van der Waals surface area contributed by atoms with Gasteiger partial charge < -0.3 is 10.0 Å². The van der Waals surface area contributed by atoms with E-state index in [1.165, 1.54) is 0 Å². The first-order chi connectivity index (χ1) is 9.95. The molecule has 1 aromatic heterocycles. The summed E-state index contributed by atoms with van der Waals surface area (Å²) in [5.41, 5.74) is 2.04. The van der Waals surface area contributed by atoms with Crippen LogP contribution in [-0.2, 0) is 16.1 Å². The molecule has 116 valence electrons. The zero-order valence-electron chi connectivity index (χ0n) is 12.7. The Morgan fingerprint density at radius 3 is 2.76 bits per heavy atom. The van der Waals surface area contributed by atoms with Crippen LogP contribution in [0.25, 0.3) is 0 Å². The van der Waals surface area contributed by atoms with Crippen LogP contribution in [0.2, 0.25) is 0 Å². The Morgan fingerprint density at radius 2 is 2.14 bits per heavy atom. The number of carboxylic acids is 1. The Balaban J connectivity index is 1.77. The fourth-order valence-electron chi connectivity index (χ4n) is 2.88. The third kappa shape index (κ3) is 4.31. The van der Waals surface area contributed by atoms with E-state index in [0.717, 1.165) is 24.4 Å². The molecule has 1 unspecified atom stereocenters. The summed E-state index contributed by atoms with van der Waals surface area (Å²) in [6.45, 7) is 5.99. The van der Waals surface area contributed by atoms with Crippen molar-refractivity contribution in [3.63, 3.8) is 0 Å². The van der Waals surface area contributed by atoms with Crippen molar-refractivity contribution in [1.29, 1.82) is 0 Å². The number of carbonyl (C=O) groups excluding carboxylic acids is 1. The van der Waals surface area contributed by atoms with Crippen molar-refractivity contribution >= 4 is 11.9 Å². The van der Waals surface area contributed by atoms with Crippen molar-refractivity contribution in [3.8, 4) is 0 Å². The molecule has 1 aliphatic rings. The Hall–Kier alpha value is -1.85. The van der Waals surface area contributed by atoms with Crippen LogP contribution < -0.4 is 0 Å². The number of rotatable bonds is 6. The minimum atomic E-state index is -0.760. The maximum Gasteiger partial charge on any atom is 0.303 e. The van der Waals surface area contributed by atoms with E-state index in [9.17, 15) is 9.59 Å². The predicted molar refractivity (Wildman–Crippen MR) is 77.9 cm³/mol. The van der Waals surface area contributed by atoms with Gasteiger partial charge in [-0.2, -0.15) is 5.10 Å². The zero-order chi connectivity index (χ0) is 15.4. The first kappa shape index (κ1) is 15.5. The van der Waals surface area contributed by atoms with E-state index in [1.807, 2.05) is 29.5 Å². The average Bonchev–Trinajstić information content (AvgIpc) is 3.00. The highest BCUT2D eigenvalue weighted by Gasteiger charge is 2.26. The second-order valence-corrected chi connectivity index (χ2v) is 5.83. The third-order valence-electron chi connectivity index (χ3n) is 4.05. The number of aryl methyl sites for hydroxylation is 3. The highest BCUT2D eigenvalue weighted by Crippen LogP contribution is 2.21. The standard InChI is InChI=1S/C15H23N3O3/c1-11-9-12(2)18(16-11)8-6-14(19)17-7-5-13(10-17)3-4-15(20)21/h9,13H,3-8,10H2,1-2H3,(H,20,21). The van der Waals surface area contributed by atoms with Gasteiger partial charge in [0.15, 0.2) is 0 Å². The number of aliphatic carboxylic acids is 1. The minimum Gasteiger partial charge on any atom is -0.481 e. The fraction of sp³-hybridized carbons (Fsp3) is 0.667. The average molecular weight is 293 g/mol. The van der Waals surface area contributed by atoms with E-state index in [1.54, 1.807) is 0 Å². The zero-order valence-corrected chi connectivity index (χ0v) is 12.7. The van der Waals surface area contributed by atoms with E-state index >= 15 is 0 Å². The van der Waals surface area contributed by atoms with Crippen LogP contribution in [0.3, 0.4) is 0 Å². The Morgan fingerprint density at radius 1 is 1.38 bits per heavy atom. The van der Waals surface area contributed by atoms with Crippen molar-refractivity contribution in [2.45, 2.75) is 46.1 Å². The van der Waals surface area contributed by atoms with Gasteiger partial charge in [0.2, 0.25) is 5.91 Å². The van der Waals surface area contributed by atoms with E-state index < -0.39 is 5.97 Å². The Kier molecular flexibility index (Phi) is 4.98. The number of nitrogens with zero attached hydrogens (tertiary/aromatic N) is 3. The molecule has 1 saturated heterocycles. The molecular weight excluding hydrogens is 270 g/mol. The Bertz CT molecular complexity index is 524. The van der Waals surface area contributed by atoms with Gasteiger partial charge in [0.25, 0.3) is 0 Å². The van der Waals surface area contributed by atoms with E-state index in [-0.39, 0.29) is 12.3 Å². The van der Waals surface area contributed by atoms with Gasteiger partial charge in [-0.15, -0.1) is 0 Å². The topological polar surface area (TPSA) is 75.4 Å². The SMILES string of the molecule is Cc1cc(C)n(CCC(=O)N2CCC(CCC(=O)O)C2)n1. The summed E-state index contributed by atoms with van der Waals surface area (Å²) in [5, 5.41) is 13.1. The third-order valence-corrected chi connectivity index (χ3v) is 4.05. The van der Waals surface area contributed by atoms with Gasteiger partial charge in [-0.1, -0.05) is 0 Å². The molecule has 0 bridgehead atoms. The van der Waals surface area contributed by atoms with Crippen molar-refractivity contribution < 1.29 is 14.7 Å². The van der Waals surface area contributed by atoms with Crippen LogP contribution in [0, 0.1) is 19.8 Å². The maximum absolute atomic E-state index is 12.2. The Labute approximate surface area is 124 Å². The second kappa shape index (κ2) is 6.74. The van der Waals surface area contributed by atoms with E-state index in [2.05, 4.69) is 5.10 Å². The van der Waals surface area contributed by atoms with E-state index in [4.69, 9.17) is 5.11 Å². The number of hydrogen-bond donors (Lipinski definition) is 1. The first-order valence-corrected chi connectivity index (χ1v) is 7.46. The number of likely N-dealkylation sites (tertiary alicyclic amines) is 1. The summed E-state index contributed by atoms with van der Waals surface area (Å²) in [6, 6.07) is 2.00. The summed E-state index contributed by atoms with van der Waals surface area (Å²) < 4.78 is 1.87. The van der Waals surface area contributed by atoms with Crippen LogP contribution in [-0.4, -0.2) is 44.8 Å². The molecule has 0 aromatic carbocycles. The number of carboxylic acid groups (broad SMARTS) is 1. The molecule has 21 heavy (non-hydrogen) atoms. The van der Waals surface area contributed by atoms with Crippen molar-refractivity contribution in [2.75, 3.05) is 13.1 Å². The molecule has 0 radical (unpaired) electrons. The highest BCUT2D eigenvalue weighted by atomic mass is 16.4. The van der Waals surface area contributed by atoms with Gasteiger partial charge in [-0.25, -0.2) is 0 Å². The molecule has 2 heterocycles. The van der Waals surface area contributed by atoms with Crippen LogP contribution in [0.1, 0.15) is 37.1 Å². The summed E-state index contributed by atoms with van der Waals surface area (Å²) >= 11 is 0. The predicted octanol–water partition coefficient (Wildman–Crippen LogP) is 1.60. The number of hydrogen-bond acceptors (Lipinski definition) is 3. The molecule has 1 atom stereocenters. The molecule has 1 N–H and O–H groups in total. The lowest BCUT2D eigenvalue weighted by atomic mass is 10.0. The van der Waals surface area contributed by atoms with Crippen LogP contribution in [0.15, 0.2) is 6.07 Å². The molecule has 1 amide bonds. The lowest BCUT2D eigenvalue weighted by Gasteiger charge is -2.16. The quantitative estimate of drug-likeness (QED) is 0.864. The van der Waals surface area contributed by atoms with Gasteiger partial charge in [-0.3, -0.25) is 14.3 Å². The van der Waals surface area contributed by atoms with E-state index in [0.29, 0.717) is 31.8 Å². The molecule has 0 saturated carbocycles. The summed E-state index contributed by atoms with van der Waals surface area (Å²) in [7, 11) is 0. The molecule has 0 spiro atoms. The van der Waals surface area contributed by atoms with Gasteiger partial charge >= 0.3 is 5.97 Å². The normalized spacial score (nSPS) is 18.2. The lowest BCUT2D eigenvalue weighted by Crippen LogP contribution is -2.29. The molecule has 2 rings (SSSR count). The smallest absolute Gasteiger partial charge is 0.303 e. The molecule has 6 heteroatoms. The molecule has 0 aliphatic carbocycles. The molecular formula is C15H23N3O3. The number of carbonyl (C=O) groups is 2. The minimum absolute atomic E-state index is 0.139. The molecule has 1 aliphatic heterocycles. The maximum atomic E-state index is 12.2. The van der Waals surface area contributed by atoms with Crippen LogP contribution >= 0.6 is 0 Å². The first-order valence-electron chi connectivity index (χ1n) is 7.46. The summed E-state index contributed by atoms with van der Waals surface area (Å²) in [6.07, 6.45) is 2.22. The summed E-state index contributed by atoms with van der Waals surface area (Å²) in [4.78, 5) is 24.6. The monoisotopic (exact) mass is 293 g/mol. The highest BCUT2D eigenvalue weighted by molar-refractivity contribution is 5.76. The van der Waals surface area contributed by atoms with Gasteiger partial charge in [0.1, 0.15) is 0 Å². The van der Waals surface area contributed by atoms with Crippen molar-refractivity contribution in [2.24, 2.45) is 5.92 Å². The molecule has 1 fully saturated rings. The van der Waals surface area contributed by atoms with Crippen LogP contribution in [0.4, 0.5) is 0 Å². The van der Waals surface area contributed by atoms with Crippen molar-refractivity contribution in [1.82, 2.24) is 14.7 Å². The summed E-state index contributed by atoms with van der Waals surface area (Å²) in [5.74, 6) is -0.289. The largest absolute Gasteiger partial charge is 0.481 e. The van der Waals surface area contributed by atoms with Gasteiger partial charge in [0.05, 0.1) is 5.69 Å².